The van der Waals surface area contributed by atoms with Crippen LogP contribution in [0.1, 0.15) is 22.6 Å². The van der Waals surface area contributed by atoms with Crippen LogP contribution < -0.4 is 0 Å². The van der Waals surface area contributed by atoms with Crippen LogP contribution in [0.3, 0.4) is 0 Å². The van der Waals surface area contributed by atoms with Crippen LogP contribution in [0.5, 0.6) is 0 Å². The first kappa shape index (κ1) is 19.1. The standard InChI is InChI=1S/C22H23FN6/c1-14-20-22(26-15(2)25-14)29(21(27-20)18-9-19(23)11-24-10-18)13-17-7-5-16(6-8-17)12-28(3)4/h5-11H,12-13H2,1-4H3. The highest BCUT2D eigenvalue weighted by molar-refractivity contribution is 5.79. The molecule has 0 fully saturated rings. The lowest BCUT2D eigenvalue weighted by Gasteiger charge is -2.12. The predicted octanol–water partition coefficient (Wildman–Crippen LogP) is 3.75. The second-order valence-corrected chi connectivity index (χ2v) is 7.50. The highest BCUT2D eigenvalue weighted by atomic mass is 19.1. The lowest BCUT2D eigenvalue weighted by Crippen LogP contribution is -2.10. The molecular weight excluding hydrogens is 367 g/mol. The van der Waals surface area contributed by atoms with Gasteiger partial charge in [0.2, 0.25) is 0 Å². The Morgan fingerprint density at radius 3 is 2.38 bits per heavy atom. The van der Waals surface area contributed by atoms with Crippen LogP contribution in [0, 0.1) is 19.7 Å². The zero-order valence-electron chi connectivity index (χ0n) is 17.0. The lowest BCUT2D eigenvalue weighted by molar-refractivity contribution is 0.402. The molecule has 6 nitrogen and oxygen atoms in total. The number of hydrogen-bond donors (Lipinski definition) is 0. The second kappa shape index (κ2) is 7.67. The van der Waals surface area contributed by atoms with Crippen LogP contribution in [-0.4, -0.2) is 43.5 Å². The van der Waals surface area contributed by atoms with Crippen LogP contribution in [0.4, 0.5) is 4.39 Å². The summed E-state index contributed by atoms with van der Waals surface area (Å²) in [6.45, 7) is 5.24. The Balaban J connectivity index is 1.82. The predicted molar refractivity (Wildman–Crippen MR) is 111 cm³/mol. The Kier molecular flexibility index (Phi) is 5.07. The molecule has 0 bridgehead atoms. The normalized spacial score (nSPS) is 11.5. The summed E-state index contributed by atoms with van der Waals surface area (Å²) in [5, 5.41) is 0. The summed E-state index contributed by atoms with van der Waals surface area (Å²) in [6, 6.07) is 9.92. The number of imidazole rings is 1. The maximum Gasteiger partial charge on any atom is 0.164 e. The molecule has 0 atom stereocenters. The Labute approximate surface area is 169 Å². The van der Waals surface area contributed by atoms with Crippen molar-refractivity contribution in [3.8, 4) is 11.4 Å². The summed E-state index contributed by atoms with van der Waals surface area (Å²) >= 11 is 0. The van der Waals surface area contributed by atoms with Crippen LogP contribution in [-0.2, 0) is 13.1 Å². The highest BCUT2D eigenvalue weighted by Crippen LogP contribution is 2.26. The first-order valence-corrected chi connectivity index (χ1v) is 9.45. The number of aromatic nitrogens is 5. The molecule has 4 aromatic rings. The van der Waals surface area contributed by atoms with Gasteiger partial charge in [-0.3, -0.25) is 4.98 Å². The number of halogens is 1. The molecule has 3 aromatic heterocycles. The molecule has 1 aromatic carbocycles. The molecule has 0 saturated carbocycles. The van der Waals surface area contributed by atoms with Gasteiger partial charge in [-0.05, 0) is 45.1 Å². The summed E-state index contributed by atoms with van der Waals surface area (Å²) in [4.78, 5) is 19.9. The molecule has 7 heteroatoms. The number of rotatable bonds is 5. The molecule has 29 heavy (non-hydrogen) atoms. The zero-order chi connectivity index (χ0) is 20.5. The fraction of sp³-hybridized carbons (Fsp3) is 0.273. The van der Waals surface area contributed by atoms with Crippen molar-refractivity contribution in [2.24, 2.45) is 0 Å². The van der Waals surface area contributed by atoms with Crippen molar-refractivity contribution in [3.05, 3.63) is 71.2 Å². The average Bonchev–Trinajstić information content (AvgIpc) is 3.02. The SMILES string of the molecule is Cc1nc(C)c2nc(-c3cncc(F)c3)n(Cc3ccc(CN(C)C)cc3)c2n1. The maximum absolute atomic E-state index is 13.8. The minimum absolute atomic E-state index is 0.395. The van der Waals surface area contributed by atoms with Gasteiger partial charge in [0.25, 0.3) is 0 Å². The van der Waals surface area contributed by atoms with Gasteiger partial charge in [-0.2, -0.15) is 0 Å². The summed E-state index contributed by atoms with van der Waals surface area (Å²) in [5.74, 6) is 0.918. The molecule has 3 heterocycles. The number of aryl methyl sites for hydroxylation is 2. The van der Waals surface area contributed by atoms with E-state index >= 15 is 0 Å². The number of benzene rings is 1. The number of nitrogens with zero attached hydrogens (tertiary/aromatic N) is 6. The molecule has 0 saturated heterocycles. The summed E-state index contributed by atoms with van der Waals surface area (Å²) in [7, 11) is 4.10. The van der Waals surface area contributed by atoms with E-state index in [9.17, 15) is 4.39 Å². The third-order valence-corrected chi connectivity index (χ3v) is 4.71. The van der Waals surface area contributed by atoms with Gasteiger partial charge in [0, 0.05) is 18.3 Å². The molecular formula is C22H23FN6. The Bertz CT molecular complexity index is 1160. The molecule has 4 rings (SSSR count). The van der Waals surface area contributed by atoms with Gasteiger partial charge in [0.15, 0.2) is 5.65 Å². The van der Waals surface area contributed by atoms with Crippen molar-refractivity contribution in [3.63, 3.8) is 0 Å². The molecule has 0 aliphatic carbocycles. The first-order chi connectivity index (χ1) is 13.9. The van der Waals surface area contributed by atoms with Gasteiger partial charge in [-0.1, -0.05) is 24.3 Å². The van der Waals surface area contributed by atoms with Gasteiger partial charge in [-0.15, -0.1) is 0 Å². The fourth-order valence-corrected chi connectivity index (χ4v) is 3.48. The topological polar surface area (TPSA) is 59.7 Å². The third-order valence-electron chi connectivity index (χ3n) is 4.71. The van der Waals surface area contributed by atoms with Crippen molar-refractivity contribution in [1.29, 1.82) is 0 Å². The number of pyridine rings is 1. The number of hydrogen-bond acceptors (Lipinski definition) is 5. The van der Waals surface area contributed by atoms with Gasteiger partial charge in [0.05, 0.1) is 18.4 Å². The molecule has 0 radical (unpaired) electrons. The van der Waals surface area contributed by atoms with Gasteiger partial charge < -0.3 is 9.47 Å². The van der Waals surface area contributed by atoms with Crippen molar-refractivity contribution in [2.75, 3.05) is 14.1 Å². The second-order valence-electron chi connectivity index (χ2n) is 7.50. The summed E-state index contributed by atoms with van der Waals surface area (Å²) in [5.41, 5.74) is 5.25. The highest BCUT2D eigenvalue weighted by Gasteiger charge is 2.18. The van der Waals surface area contributed by atoms with E-state index in [1.807, 2.05) is 18.4 Å². The van der Waals surface area contributed by atoms with Crippen LogP contribution in [0.15, 0.2) is 42.7 Å². The van der Waals surface area contributed by atoms with Crippen LogP contribution in [0.25, 0.3) is 22.6 Å². The van der Waals surface area contributed by atoms with Crippen LogP contribution in [0.2, 0.25) is 0 Å². The Hall–Kier alpha value is -3.19. The van der Waals surface area contributed by atoms with Gasteiger partial charge >= 0.3 is 0 Å². The molecule has 0 aliphatic heterocycles. The Morgan fingerprint density at radius 2 is 1.69 bits per heavy atom. The van der Waals surface area contributed by atoms with E-state index < -0.39 is 5.82 Å². The largest absolute Gasteiger partial charge is 0.305 e. The van der Waals surface area contributed by atoms with E-state index in [2.05, 4.69) is 58.2 Å². The van der Waals surface area contributed by atoms with Gasteiger partial charge in [0.1, 0.15) is 23.0 Å². The van der Waals surface area contributed by atoms with E-state index in [1.165, 1.54) is 17.8 Å². The molecule has 0 unspecified atom stereocenters. The molecule has 148 valence electrons. The van der Waals surface area contributed by atoms with E-state index in [0.717, 1.165) is 29.0 Å². The van der Waals surface area contributed by atoms with Crippen LogP contribution >= 0.6 is 0 Å². The van der Waals surface area contributed by atoms with Crippen molar-refractivity contribution in [1.82, 2.24) is 29.4 Å². The van der Waals surface area contributed by atoms with E-state index in [0.29, 0.717) is 23.8 Å². The molecule has 0 aliphatic rings. The van der Waals surface area contributed by atoms with E-state index in [4.69, 9.17) is 4.98 Å². The molecule has 0 amide bonds. The quantitative estimate of drug-likeness (QED) is 0.519. The van der Waals surface area contributed by atoms with E-state index in [-0.39, 0.29) is 0 Å². The lowest BCUT2D eigenvalue weighted by atomic mass is 10.1. The van der Waals surface area contributed by atoms with Gasteiger partial charge in [-0.25, -0.2) is 19.3 Å². The third kappa shape index (κ3) is 4.00. The average molecular weight is 390 g/mol. The molecule has 0 N–H and O–H groups in total. The fourth-order valence-electron chi connectivity index (χ4n) is 3.48. The van der Waals surface area contributed by atoms with Crippen molar-refractivity contribution >= 4 is 11.2 Å². The van der Waals surface area contributed by atoms with Crippen molar-refractivity contribution in [2.45, 2.75) is 26.9 Å². The first-order valence-electron chi connectivity index (χ1n) is 9.45. The van der Waals surface area contributed by atoms with Crippen molar-refractivity contribution < 1.29 is 4.39 Å². The zero-order valence-corrected chi connectivity index (χ0v) is 17.0. The Morgan fingerprint density at radius 1 is 0.966 bits per heavy atom. The van der Waals surface area contributed by atoms with E-state index in [1.54, 1.807) is 6.20 Å². The molecule has 0 spiro atoms. The maximum atomic E-state index is 13.8. The minimum atomic E-state index is -0.395. The minimum Gasteiger partial charge on any atom is -0.305 e. The monoisotopic (exact) mass is 390 g/mol. The smallest absolute Gasteiger partial charge is 0.164 e. The number of fused-ring (bicyclic) bond motifs is 1. The summed E-state index contributed by atoms with van der Waals surface area (Å²) in [6.07, 6.45) is 2.81. The summed E-state index contributed by atoms with van der Waals surface area (Å²) < 4.78 is 15.8.